The fraction of sp³-hybridized carbons (Fsp3) is 1.00. The molecule has 0 rings (SSSR count). The molecule has 15 heavy (non-hydrogen) atoms. The van der Waals surface area contributed by atoms with Crippen molar-refractivity contribution < 1.29 is 17.9 Å². The zero-order valence-corrected chi connectivity index (χ0v) is 9.40. The standard InChI is InChI=1S/C9H19F3N2O/c1-4-13-5-8(6-15-3)14(2)7-9(10,11)12/h8,13H,4-7H2,1-3H3. The highest BCUT2D eigenvalue weighted by Gasteiger charge is 2.31. The minimum atomic E-state index is -4.16. The molecular weight excluding hydrogens is 209 g/mol. The van der Waals surface area contributed by atoms with Crippen LogP contribution in [0.3, 0.4) is 0 Å². The van der Waals surface area contributed by atoms with Gasteiger partial charge in [0.1, 0.15) is 0 Å². The maximum Gasteiger partial charge on any atom is 0.401 e. The number of halogens is 3. The molecule has 0 bridgehead atoms. The minimum Gasteiger partial charge on any atom is -0.383 e. The second-order valence-corrected chi connectivity index (χ2v) is 3.45. The van der Waals surface area contributed by atoms with Crippen molar-refractivity contribution in [3.63, 3.8) is 0 Å². The van der Waals surface area contributed by atoms with Crippen LogP contribution in [-0.4, -0.2) is 57.5 Å². The molecule has 1 N–H and O–H groups in total. The monoisotopic (exact) mass is 228 g/mol. The van der Waals surface area contributed by atoms with Crippen LogP contribution >= 0.6 is 0 Å². The van der Waals surface area contributed by atoms with Crippen molar-refractivity contribution in [1.29, 1.82) is 0 Å². The Hall–Kier alpha value is -0.330. The molecule has 0 saturated carbocycles. The molecule has 0 aliphatic heterocycles. The average Bonchev–Trinajstić information content (AvgIpc) is 2.09. The Kier molecular flexibility index (Phi) is 6.87. The Bertz CT molecular complexity index is 164. The van der Waals surface area contributed by atoms with Gasteiger partial charge in [0.2, 0.25) is 0 Å². The van der Waals surface area contributed by atoms with Gasteiger partial charge in [-0.2, -0.15) is 13.2 Å². The van der Waals surface area contributed by atoms with E-state index in [1.807, 2.05) is 6.92 Å². The van der Waals surface area contributed by atoms with Crippen LogP contribution in [0.15, 0.2) is 0 Å². The van der Waals surface area contributed by atoms with Gasteiger partial charge >= 0.3 is 6.18 Å². The van der Waals surface area contributed by atoms with Crippen LogP contribution in [-0.2, 0) is 4.74 Å². The number of hydrogen-bond donors (Lipinski definition) is 1. The summed E-state index contributed by atoms with van der Waals surface area (Å²) in [5.74, 6) is 0. The van der Waals surface area contributed by atoms with E-state index in [-0.39, 0.29) is 6.04 Å². The summed E-state index contributed by atoms with van der Waals surface area (Å²) < 4.78 is 41.3. The van der Waals surface area contributed by atoms with Gasteiger partial charge in [0.15, 0.2) is 0 Å². The number of methoxy groups -OCH3 is 1. The first kappa shape index (κ1) is 14.7. The number of alkyl halides is 3. The summed E-state index contributed by atoms with van der Waals surface area (Å²) in [7, 11) is 2.94. The molecule has 0 aromatic heterocycles. The highest BCUT2D eigenvalue weighted by molar-refractivity contribution is 4.73. The highest BCUT2D eigenvalue weighted by Crippen LogP contribution is 2.16. The summed E-state index contributed by atoms with van der Waals surface area (Å²) in [5, 5.41) is 3.01. The molecular formula is C9H19F3N2O. The van der Waals surface area contributed by atoms with E-state index in [0.29, 0.717) is 13.2 Å². The second-order valence-electron chi connectivity index (χ2n) is 3.45. The lowest BCUT2D eigenvalue weighted by atomic mass is 10.2. The van der Waals surface area contributed by atoms with Gasteiger partial charge in [0, 0.05) is 19.7 Å². The maximum atomic E-state index is 12.1. The van der Waals surface area contributed by atoms with Crippen LogP contribution in [0.25, 0.3) is 0 Å². The summed E-state index contributed by atoms with van der Waals surface area (Å²) in [4.78, 5) is 1.26. The van der Waals surface area contributed by atoms with Gasteiger partial charge in [0.05, 0.1) is 13.2 Å². The van der Waals surface area contributed by atoms with Crippen LogP contribution in [0.2, 0.25) is 0 Å². The zero-order chi connectivity index (χ0) is 11.9. The van der Waals surface area contributed by atoms with E-state index in [9.17, 15) is 13.2 Å². The normalized spacial score (nSPS) is 14.6. The minimum absolute atomic E-state index is 0.253. The van der Waals surface area contributed by atoms with E-state index in [2.05, 4.69) is 5.32 Å². The number of nitrogens with zero attached hydrogens (tertiary/aromatic N) is 1. The van der Waals surface area contributed by atoms with Crippen LogP contribution in [0.4, 0.5) is 13.2 Å². The third-order valence-corrected chi connectivity index (χ3v) is 2.04. The molecule has 0 spiro atoms. The first-order valence-corrected chi connectivity index (χ1v) is 4.87. The van der Waals surface area contributed by atoms with E-state index in [1.54, 1.807) is 0 Å². The molecule has 0 aromatic rings. The van der Waals surface area contributed by atoms with E-state index in [1.165, 1.54) is 19.1 Å². The van der Waals surface area contributed by atoms with E-state index < -0.39 is 12.7 Å². The van der Waals surface area contributed by atoms with Gasteiger partial charge in [-0.15, -0.1) is 0 Å². The van der Waals surface area contributed by atoms with Gasteiger partial charge in [-0.25, -0.2) is 0 Å². The third kappa shape index (κ3) is 7.58. The smallest absolute Gasteiger partial charge is 0.383 e. The fourth-order valence-corrected chi connectivity index (χ4v) is 1.26. The molecule has 0 heterocycles. The first-order chi connectivity index (χ1) is 6.90. The molecule has 0 amide bonds. The molecule has 0 aliphatic rings. The average molecular weight is 228 g/mol. The lowest BCUT2D eigenvalue weighted by Crippen LogP contribution is -2.46. The van der Waals surface area contributed by atoms with Gasteiger partial charge < -0.3 is 10.1 Å². The Labute approximate surface area is 88.6 Å². The van der Waals surface area contributed by atoms with Gasteiger partial charge in [-0.1, -0.05) is 6.92 Å². The molecule has 6 heteroatoms. The number of nitrogens with one attached hydrogen (secondary N) is 1. The quantitative estimate of drug-likeness (QED) is 0.706. The van der Waals surface area contributed by atoms with E-state index in [4.69, 9.17) is 4.74 Å². The van der Waals surface area contributed by atoms with Crippen LogP contribution in [0, 0.1) is 0 Å². The van der Waals surface area contributed by atoms with Crippen molar-refractivity contribution in [1.82, 2.24) is 10.2 Å². The lowest BCUT2D eigenvalue weighted by molar-refractivity contribution is -0.149. The summed E-state index contributed by atoms with van der Waals surface area (Å²) in [5.41, 5.74) is 0. The summed E-state index contributed by atoms with van der Waals surface area (Å²) in [6.45, 7) is 2.52. The topological polar surface area (TPSA) is 24.5 Å². The van der Waals surface area contributed by atoms with Crippen molar-refractivity contribution in [2.75, 3.05) is 40.4 Å². The lowest BCUT2D eigenvalue weighted by Gasteiger charge is -2.28. The first-order valence-electron chi connectivity index (χ1n) is 4.87. The predicted octanol–water partition coefficient (Wildman–Crippen LogP) is 1.10. The summed E-state index contributed by atoms with van der Waals surface area (Å²) in [6.07, 6.45) is -4.16. The van der Waals surface area contributed by atoms with Crippen molar-refractivity contribution in [2.24, 2.45) is 0 Å². The number of likely N-dealkylation sites (N-methyl/N-ethyl adjacent to an activating group) is 2. The molecule has 0 fully saturated rings. The second kappa shape index (κ2) is 7.03. The molecule has 92 valence electrons. The van der Waals surface area contributed by atoms with Crippen LogP contribution < -0.4 is 5.32 Å². The number of hydrogen-bond acceptors (Lipinski definition) is 3. The predicted molar refractivity (Wildman–Crippen MR) is 52.9 cm³/mol. The Morgan fingerprint density at radius 3 is 2.40 bits per heavy atom. The van der Waals surface area contributed by atoms with Crippen molar-refractivity contribution in [3.05, 3.63) is 0 Å². The molecule has 0 radical (unpaired) electrons. The third-order valence-electron chi connectivity index (χ3n) is 2.04. The number of ether oxygens (including phenoxy) is 1. The maximum absolute atomic E-state index is 12.1. The van der Waals surface area contributed by atoms with Crippen molar-refractivity contribution in [2.45, 2.75) is 19.1 Å². The largest absolute Gasteiger partial charge is 0.401 e. The zero-order valence-electron chi connectivity index (χ0n) is 9.40. The number of rotatable bonds is 7. The van der Waals surface area contributed by atoms with Crippen LogP contribution in [0.1, 0.15) is 6.92 Å². The van der Waals surface area contributed by atoms with E-state index >= 15 is 0 Å². The van der Waals surface area contributed by atoms with Crippen LogP contribution in [0.5, 0.6) is 0 Å². The molecule has 1 atom stereocenters. The van der Waals surface area contributed by atoms with Gasteiger partial charge in [0.25, 0.3) is 0 Å². The summed E-state index contributed by atoms with van der Waals surface area (Å²) >= 11 is 0. The Morgan fingerprint density at radius 1 is 1.40 bits per heavy atom. The van der Waals surface area contributed by atoms with Gasteiger partial charge in [-0.3, -0.25) is 4.90 Å². The highest BCUT2D eigenvalue weighted by atomic mass is 19.4. The molecule has 1 unspecified atom stereocenters. The Balaban J connectivity index is 4.09. The fourth-order valence-electron chi connectivity index (χ4n) is 1.26. The van der Waals surface area contributed by atoms with Gasteiger partial charge in [-0.05, 0) is 13.6 Å². The Morgan fingerprint density at radius 2 is 2.00 bits per heavy atom. The van der Waals surface area contributed by atoms with Crippen molar-refractivity contribution in [3.8, 4) is 0 Å². The molecule has 0 aliphatic carbocycles. The van der Waals surface area contributed by atoms with E-state index in [0.717, 1.165) is 6.54 Å². The molecule has 3 nitrogen and oxygen atoms in total. The van der Waals surface area contributed by atoms with Crippen molar-refractivity contribution >= 4 is 0 Å². The SMILES string of the molecule is CCNCC(COC)N(C)CC(F)(F)F. The molecule has 0 saturated heterocycles. The molecule has 0 aromatic carbocycles. The summed E-state index contributed by atoms with van der Waals surface area (Å²) in [6, 6.07) is -0.253.